The Labute approximate surface area is 113 Å². The van der Waals surface area contributed by atoms with E-state index in [1.54, 1.807) is 0 Å². The van der Waals surface area contributed by atoms with Crippen LogP contribution < -0.4 is 11.3 Å². The third-order valence-corrected chi connectivity index (χ3v) is 4.08. The van der Waals surface area contributed by atoms with Crippen LogP contribution >= 0.6 is 0 Å². The van der Waals surface area contributed by atoms with Gasteiger partial charge in [0.1, 0.15) is 0 Å². The van der Waals surface area contributed by atoms with Gasteiger partial charge in [-0.25, -0.2) is 5.43 Å². The quantitative estimate of drug-likeness (QED) is 0.651. The summed E-state index contributed by atoms with van der Waals surface area (Å²) in [6, 6.07) is 8.63. The van der Waals surface area contributed by atoms with Gasteiger partial charge in [0.25, 0.3) is 0 Å². The molecule has 0 bridgehead atoms. The normalized spacial score (nSPS) is 17.2. The highest BCUT2D eigenvalue weighted by molar-refractivity contribution is 5.38. The second kappa shape index (κ2) is 5.15. The standard InChI is InChI=1S/C15H20N4/c1-19-10-12(9-17-19)15(18-16)14-8-3-2-7-13(14)11-5-4-6-11/h2-3,7-11,15,18H,4-6,16H2,1H3. The molecule has 0 aliphatic heterocycles. The SMILES string of the molecule is Cn1cc(C(NN)c2ccccc2C2CCC2)cn1. The molecule has 2 aromatic rings. The zero-order valence-corrected chi connectivity index (χ0v) is 11.2. The topological polar surface area (TPSA) is 55.9 Å². The Bertz CT molecular complexity index is 557. The van der Waals surface area contributed by atoms with E-state index in [4.69, 9.17) is 5.84 Å². The Kier molecular flexibility index (Phi) is 3.36. The van der Waals surface area contributed by atoms with E-state index in [0.717, 1.165) is 5.56 Å². The van der Waals surface area contributed by atoms with E-state index in [1.165, 1.54) is 30.4 Å². The van der Waals surface area contributed by atoms with Crippen molar-refractivity contribution in [3.63, 3.8) is 0 Å². The van der Waals surface area contributed by atoms with Gasteiger partial charge < -0.3 is 0 Å². The van der Waals surface area contributed by atoms with Crippen molar-refractivity contribution in [3.05, 3.63) is 53.3 Å². The molecule has 1 aliphatic carbocycles. The summed E-state index contributed by atoms with van der Waals surface area (Å²) in [5, 5.41) is 4.24. The van der Waals surface area contributed by atoms with Crippen molar-refractivity contribution >= 4 is 0 Å². The number of aromatic nitrogens is 2. The second-order valence-corrected chi connectivity index (χ2v) is 5.30. The van der Waals surface area contributed by atoms with Crippen molar-refractivity contribution in [2.45, 2.75) is 31.2 Å². The lowest BCUT2D eigenvalue weighted by Gasteiger charge is -2.30. The van der Waals surface area contributed by atoms with Gasteiger partial charge in [0.05, 0.1) is 12.2 Å². The number of nitrogens with two attached hydrogens (primary N) is 1. The highest BCUT2D eigenvalue weighted by Gasteiger charge is 2.25. The van der Waals surface area contributed by atoms with E-state index >= 15 is 0 Å². The van der Waals surface area contributed by atoms with E-state index in [0.29, 0.717) is 5.92 Å². The summed E-state index contributed by atoms with van der Waals surface area (Å²) in [4.78, 5) is 0. The Morgan fingerprint density at radius 2 is 2.16 bits per heavy atom. The monoisotopic (exact) mass is 256 g/mol. The van der Waals surface area contributed by atoms with Crippen molar-refractivity contribution in [2.24, 2.45) is 12.9 Å². The summed E-state index contributed by atoms with van der Waals surface area (Å²) < 4.78 is 1.81. The molecule has 0 radical (unpaired) electrons. The van der Waals surface area contributed by atoms with Crippen molar-refractivity contribution in [2.75, 3.05) is 0 Å². The molecule has 100 valence electrons. The molecule has 1 aromatic carbocycles. The number of aryl methyl sites for hydroxylation is 1. The van der Waals surface area contributed by atoms with E-state index in [1.807, 2.05) is 24.1 Å². The first-order chi connectivity index (χ1) is 9.29. The minimum Gasteiger partial charge on any atom is -0.275 e. The van der Waals surface area contributed by atoms with E-state index in [9.17, 15) is 0 Å². The lowest BCUT2D eigenvalue weighted by molar-refractivity contribution is 0.414. The molecule has 1 atom stereocenters. The molecule has 1 aromatic heterocycles. The molecule has 1 saturated carbocycles. The van der Waals surface area contributed by atoms with E-state index in [-0.39, 0.29) is 6.04 Å². The van der Waals surface area contributed by atoms with Gasteiger partial charge in [-0.3, -0.25) is 10.5 Å². The molecule has 1 unspecified atom stereocenters. The predicted molar refractivity (Wildman–Crippen MR) is 75.4 cm³/mol. The van der Waals surface area contributed by atoms with Crippen LogP contribution in [0.15, 0.2) is 36.7 Å². The van der Waals surface area contributed by atoms with Crippen molar-refractivity contribution in [1.29, 1.82) is 0 Å². The average Bonchev–Trinajstić information content (AvgIpc) is 2.77. The van der Waals surface area contributed by atoms with Crippen LogP contribution in [-0.4, -0.2) is 9.78 Å². The third-order valence-electron chi connectivity index (χ3n) is 4.08. The lowest BCUT2D eigenvalue weighted by atomic mass is 9.77. The maximum Gasteiger partial charge on any atom is 0.0743 e. The first-order valence-corrected chi connectivity index (χ1v) is 6.83. The minimum atomic E-state index is 0.0190. The van der Waals surface area contributed by atoms with Crippen LogP contribution in [0, 0.1) is 0 Å². The summed E-state index contributed by atoms with van der Waals surface area (Å²) in [5.74, 6) is 6.49. The number of nitrogens with zero attached hydrogens (tertiary/aromatic N) is 2. The van der Waals surface area contributed by atoms with E-state index < -0.39 is 0 Å². The molecular formula is C15H20N4. The van der Waals surface area contributed by atoms with Gasteiger partial charge in [-0.1, -0.05) is 30.7 Å². The number of nitrogens with one attached hydrogen (secondary N) is 1. The Balaban J connectivity index is 1.99. The number of rotatable bonds is 4. The Morgan fingerprint density at radius 1 is 1.37 bits per heavy atom. The van der Waals surface area contributed by atoms with Crippen LogP contribution in [0.2, 0.25) is 0 Å². The first kappa shape index (κ1) is 12.4. The number of benzene rings is 1. The number of hydrogen-bond donors (Lipinski definition) is 2. The van der Waals surface area contributed by atoms with Crippen LogP contribution in [0.3, 0.4) is 0 Å². The fraction of sp³-hybridized carbons (Fsp3) is 0.400. The fourth-order valence-corrected chi connectivity index (χ4v) is 2.82. The average molecular weight is 256 g/mol. The molecule has 0 amide bonds. The van der Waals surface area contributed by atoms with Gasteiger partial charge in [0.2, 0.25) is 0 Å². The smallest absolute Gasteiger partial charge is 0.0743 e. The fourth-order valence-electron chi connectivity index (χ4n) is 2.82. The predicted octanol–water partition coefficient (Wildman–Crippen LogP) is 2.24. The van der Waals surface area contributed by atoms with Crippen LogP contribution in [0.4, 0.5) is 0 Å². The number of hydrazine groups is 1. The molecule has 4 nitrogen and oxygen atoms in total. The van der Waals surface area contributed by atoms with Gasteiger partial charge in [-0.15, -0.1) is 0 Å². The summed E-state index contributed by atoms with van der Waals surface area (Å²) in [5.41, 5.74) is 6.76. The molecule has 1 fully saturated rings. The molecular weight excluding hydrogens is 236 g/mol. The second-order valence-electron chi connectivity index (χ2n) is 5.30. The molecule has 0 spiro atoms. The van der Waals surface area contributed by atoms with Gasteiger partial charge in [-0.2, -0.15) is 5.10 Å². The van der Waals surface area contributed by atoms with Gasteiger partial charge in [-0.05, 0) is 29.9 Å². The summed E-state index contributed by atoms with van der Waals surface area (Å²) in [7, 11) is 1.93. The summed E-state index contributed by atoms with van der Waals surface area (Å²) in [6.45, 7) is 0. The van der Waals surface area contributed by atoms with Gasteiger partial charge in [0, 0.05) is 18.8 Å². The molecule has 3 N–H and O–H groups in total. The third kappa shape index (κ3) is 2.29. The highest BCUT2D eigenvalue weighted by Crippen LogP contribution is 2.40. The van der Waals surface area contributed by atoms with Crippen LogP contribution in [-0.2, 0) is 7.05 Å². The van der Waals surface area contributed by atoms with Crippen molar-refractivity contribution in [1.82, 2.24) is 15.2 Å². The Morgan fingerprint density at radius 3 is 2.74 bits per heavy atom. The van der Waals surface area contributed by atoms with Gasteiger partial charge >= 0.3 is 0 Å². The highest BCUT2D eigenvalue weighted by atomic mass is 15.3. The molecule has 0 saturated heterocycles. The number of hydrogen-bond acceptors (Lipinski definition) is 3. The van der Waals surface area contributed by atoms with Crippen molar-refractivity contribution < 1.29 is 0 Å². The lowest BCUT2D eigenvalue weighted by Crippen LogP contribution is -2.30. The summed E-state index contributed by atoms with van der Waals surface area (Å²) in [6.07, 6.45) is 7.82. The largest absolute Gasteiger partial charge is 0.275 e. The molecule has 19 heavy (non-hydrogen) atoms. The minimum absolute atomic E-state index is 0.0190. The van der Waals surface area contributed by atoms with E-state index in [2.05, 4.69) is 34.8 Å². The maximum atomic E-state index is 5.79. The molecule has 4 heteroatoms. The molecule has 3 rings (SSSR count). The zero-order chi connectivity index (χ0) is 13.2. The zero-order valence-electron chi connectivity index (χ0n) is 11.2. The molecule has 1 heterocycles. The van der Waals surface area contributed by atoms with Crippen LogP contribution in [0.25, 0.3) is 0 Å². The Hall–Kier alpha value is -1.65. The van der Waals surface area contributed by atoms with Crippen LogP contribution in [0.5, 0.6) is 0 Å². The van der Waals surface area contributed by atoms with Crippen molar-refractivity contribution in [3.8, 4) is 0 Å². The van der Waals surface area contributed by atoms with Gasteiger partial charge in [0.15, 0.2) is 0 Å². The summed E-state index contributed by atoms with van der Waals surface area (Å²) >= 11 is 0. The molecule has 1 aliphatic rings. The maximum absolute atomic E-state index is 5.79. The first-order valence-electron chi connectivity index (χ1n) is 6.83. The van der Waals surface area contributed by atoms with Crippen LogP contribution in [0.1, 0.15) is 47.9 Å².